The van der Waals surface area contributed by atoms with Gasteiger partial charge in [0.15, 0.2) is 0 Å². The van der Waals surface area contributed by atoms with Gasteiger partial charge in [0.25, 0.3) is 0 Å². The van der Waals surface area contributed by atoms with E-state index in [0.717, 1.165) is 25.7 Å². The van der Waals surface area contributed by atoms with Crippen molar-refractivity contribution < 1.29 is 14.6 Å². The van der Waals surface area contributed by atoms with Gasteiger partial charge < -0.3 is 14.7 Å². The fourth-order valence-electron chi connectivity index (χ4n) is 3.07. The summed E-state index contributed by atoms with van der Waals surface area (Å²) < 4.78 is 5.68. The highest BCUT2D eigenvalue weighted by Crippen LogP contribution is 2.39. The molecule has 0 aromatic rings. The largest absolute Gasteiger partial charge is 0.391 e. The van der Waals surface area contributed by atoms with Gasteiger partial charge in [0.2, 0.25) is 5.91 Å². The van der Waals surface area contributed by atoms with Gasteiger partial charge >= 0.3 is 0 Å². The average molecular weight is 211 g/mol. The van der Waals surface area contributed by atoms with Crippen molar-refractivity contribution in [3.05, 3.63) is 0 Å². The zero-order valence-corrected chi connectivity index (χ0v) is 8.76. The minimum absolute atomic E-state index is 0.0778. The summed E-state index contributed by atoms with van der Waals surface area (Å²) in [5.74, 6) is 0.285. The molecule has 3 aliphatic heterocycles. The molecule has 3 fully saturated rings. The number of fused-ring (bicyclic) bond motifs is 2. The van der Waals surface area contributed by atoms with Crippen LogP contribution < -0.4 is 0 Å². The number of ether oxygens (including phenoxy) is 1. The second-order valence-electron chi connectivity index (χ2n) is 4.94. The predicted molar refractivity (Wildman–Crippen MR) is 53.2 cm³/mol. The van der Waals surface area contributed by atoms with Gasteiger partial charge in [0.1, 0.15) is 0 Å². The molecule has 1 N–H and O–H groups in total. The van der Waals surface area contributed by atoms with Crippen LogP contribution in [0.2, 0.25) is 0 Å². The molecule has 3 heterocycles. The van der Waals surface area contributed by atoms with Gasteiger partial charge in [-0.05, 0) is 25.7 Å². The number of carbonyl (C=O) groups excluding carboxylic acids is 1. The molecule has 0 spiro atoms. The number of rotatable bonds is 1. The summed E-state index contributed by atoms with van der Waals surface area (Å²) in [6, 6.07) is 0. The second-order valence-corrected chi connectivity index (χ2v) is 4.94. The standard InChI is InChI=1S/C11H17NO3/c13-7-3-4-12(6-7)11(14)9-5-8-1-2-10(9)15-8/h7-10,13H,1-6H2/t7-,8?,9?,10?/m1/s1. The van der Waals surface area contributed by atoms with Gasteiger partial charge in [-0.15, -0.1) is 0 Å². The molecule has 84 valence electrons. The Balaban J connectivity index is 1.65. The maximum Gasteiger partial charge on any atom is 0.228 e. The van der Waals surface area contributed by atoms with Crippen LogP contribution >= 0.6 is 0 Å². The SMILES string of the molecule is O=C(C1CC2CCC1O2)N1CC[C@@H](O)C1. The van der Waals surface area contributed by atoms with Crippen LogP contribution in [0.5, 0.6) is 0 Å². The van der Waals surface area contributed by atoms with E-state index < -0.39 is 0 Å². The van der Waals surface area contributed by atoms with Crippen LogP contribution in [0.4, 0.5) is 0 Å². The third-order valence-electron chi connectivity index (χ3n) is 3.90. The van der Waals surface area contributed by atoms with E-state index in [1.807, 2.05) is 0 Å². The first-order valence-electron chi connectivity index (χ1n) is 5.86. The van der Waals surface area contributed by atoms with Crippen LogP contribution in [0.25, 0.3) is 0 Å². The molecule has 0 saturated carbocycles. The third kappa shape index (κ3) is 1.56. The van der Waals surface area contributed by atoms with Crippen molar-refractivity contribution in [3.63, 3.8) is 0 Å². The zero-order valence-electron chi connectivity index (χ0n) is 8.76. The first-order chi connectivity index (χ1) is 7.24. The molecule has 0 aliphatic carbocycles. The van der Waals surface area contributed by atoms with Crippen molar-refractivity contribution >= 4 is 5.91 Å². The Morgan fingerprint density at radius 2 is 2.20 bits per heavy atom. The van der Waals surface area contributed by atoms with Crippen LogP contribution in [-0.2, 0) is 9.53 Å². The van der Waals surface area contributed by atoms with Gasteiger partial charge in [0.05, 0.1) is 24.2 Å². The van der Waals surface area contributed by atoms with Crippen LogP contribution in [0.3, 0.4) is 0 Å². The molecule has 3 rings (SSSR count). The summed E-state index contributed by atoms with van der Waals surface area (Å²) in [6.45, 7) is 1.24. The topological polar surface area (TPSA) is 49.8 Å². The number of carbonyl (C=O) groups is 1. The summed E-state index contributed by atoms with van der Waals surface area (Å²) in [5.41, 5.74) is 0. The quantitative estimate of drug-likeness (QED) is 0.671. The number of nitrogens with zero attached hydrogens (tertiary/aromatic N) is 1. The molecule has 4 heteroatoms. The first kappa shape index (κ1) is 9.60. The number of hydrogen-bond acceptors (Lipinski definition) is 3. The molecule has 0 aromatic heterocycles. The molecule has 3 aliphatic rings. The van der Waals surface area contributed by atoms with E-state index >= 15 is 0 Å². The van der Waals surface area contributed by atoms with E-state index in [-0.39, 0.29) is 24.0 Å². The van der Waals surface area contributed by atoms with E-state index in [4.69, 9.17) is 4.74 Å². The highest BCUT2D eigenvalue weighted by Gasteiger charge is 2.46. The summed E-state index contributed by atoms with van der Waals surface area (Å²) in [5, 5.41) is 9.40. The maximum absolute atomic E-state index is 12.1. The molecule has 3 unspecified atom stereocenters. The number of aliphatic hydroxyl groups is 1. The molecule has 2 bridgehead atoms. The summed E-state index contributed by atoms with van der Waals surface area (Å²) in [6.07, 6.45) is 3.98. The van der Waals surface area contributed by atoms with Crippen LogP contribution in [0, 0.1) is 5.92 Å². The summed E-state index contributed by atoms with van der Waals surface area (Å²) >= 11 is 0. The third-order valence-corrected chi connectivity index (χ3v) is 3.90. The Hall–Kier alpha value is -0.610. The number of hydrogen-bond donors (Lipinski definition) is 1. The summed E-state index contributed by atoms with van der Waals surface area (Å²) in [4.78, 5) is 13.9. The molecule has 0 radical (unpaired) electrons. The average Bonchev–Trinajstić information content (AvgIpc) is 2.90. The Morgan fingerprint density at radius 1 is 1.33 bits per heavy atom. The maximum atomic E-state index is 12.1. The molecular formula is C11H17NO3. The fourth-order valence-corrected chi connectivity index (χ4v) is 3.07. The fraction of sp³-hybridized carbons (Fsp3) is 0.909. The van der Waals surface area contributed by atoms with Crippen molar-refractivity contribution in [2.75, 3.05) is 13.1 Å². The van der Waals surface area contributed by atoms with Crippen LogP contribution in [-0.4, -0.2) is 47.3 Å². The number of aliphatic hydroxyl groups excluding tert-OH is 1. The highest BCUT2D eigenvalue weighted by molar-refractivity contribution is 5.80. The molecular weight excluding hydrogens is 194 g/mol. The minimum atomic E-state index is -0.312. The normalized spacial score (nSPS) is 43.9. The molecule has 0 aromatic carbocycles. The smallest absolute Gasteiger partial charge is 0.228 e. The van der Waals surface area contributed by atoms with E-state index in [1.54, 1.807) is 4.90 Å². The van der Waals surface area contributed by atoms with E-state index in [0.29, 0.717) is 19.2 Å². The van der Waals surface area contributed by atoms with Crippen molar-refractivity contribution in [1.29, 1.82) is 0 Å². The lowest BCUT2D eigenvalue weighted by Crippen LogP contribution is -2.39. The first-order valence-corrected chi connectivity index (χ1v) is 5.86. The van der Waals surface area contributed by atoms with E-state index in [1.165, 1.54) is 0 Å². The molecule has 1 amide bonds. The molecule has 3 saturated heterocycles. The van der Waals surface area contributed by atoms with Gasteiger partial charge in [-0.25, -0.2) is 0 Å². The monoisotopic (exact) mass is 211 g/mol. The van der Waals surface area contributed by atoms with Gasteiger partial charge in [-0.3, -0.25) is 4.79 Å². The van der Waals surface area contributed by atoms with Gasteiger partial charge in [0, 0.05) is 13.1 Å². The number of β-amino-alcohol motifs (C(OH)–C–C–N with tert-alkyl or cyclic N) is 1. The van der Waals surface area contributed by atoms with E-state index in [2.05, 4.69) is 0 Å². The Labute approximate surface area is 89.2 Å². The lowest BCUT2D eigenvalue weighted by molar-refractivity contribution is -0.136. The van der Waals surface area contributed by atoms with Crippen LogP contribution in [0.15, 0.2) is 0 Å². The van der Waals surface area contributed by atoms with Gasteiger partial charge in [-0.2, -0.15) is 0 Å². The molecule has 15 heavy (non-hydrogen) atoms. The van der Waals surface area contributed by atoms with Crippen molar-refractivity contribution in [2.24, 2.45) is 5.92 Å². The highest BCUT2D eigenvalue weighted by atomic mass is 16.5. The van der Waals surface area contributed by atoms with E-state index in [9.17, 15) is 9.90 Å². The number of amides is 1. The Morgan fingerprint density at radius 3 is 2.73 bits per heavy atom. The summed E-state index contributed by atoms with van der Waals surface area (Å²) in [7, 11) is 0. The van der Waals surface area contributed by atoms with Crippen LogP contribution in [0.1, 0.15) is 25.7 Å². The van der Waals surface area contributed by atoms with Gasteiger partial charge in [-0.1, -0.05) is 0 Å². The lowest BCUT2D eigenvalue weighted by atomic mass is 9.88. The minimum Gasteiger partial charge on any atom is -0.391 e. The molecule has 4 atom stereocenters. The van der Waals surface area contributed by atoms with Crippen molar-refractivity contribution in [1.82, 2.24) is 4.90 Å². The number of likely N-dealkylation sites (tertiary alicyclic amines) is 1. The van der Waals surface area contributed by atoms with Crippen molar-refractivity contribution in [2.45, 2.75) is 44.0 Å². The Kier molecular flexibility index (Phi) is 2.21. The van der Waals surface area contributed by atoms with Crippen molar-refractivity contribution in [3.8, 4) is 0 Å². The second kappa shape index (κ2) is 3.46. The molecule has 4 nitrogen and oxygen atoms in total. The zero-order chi connectivity index (χ0) is 10.4. The predicted octanol–water partition coefficient (Wildman–Crippen LogP) is 0.147. The lowest BCUT2D eigenvalue weighted by Gasteiger charge is -2.24. The Bertz CT molecular complexity index is 281.